The van der Waals surface area contributed by atoms with Gasteiger partial charge in [0, 0.05) is 12.1 Å². The summed E-state index contributed by atoms with van der Waals surface area (Å²) in [5.74, 6) is 1.27. The molecular weight excluding hydrogens is 276 g/mol. The van der Waals surface area contributed by atoms with Crippen molar-refractivity contribution in [2.75, 3.05) is 13.7 Å². The molecule has 112 valence electrons. The fraction of sp³-hybridized carbons (Fsp3) is 0.400. The zero-order chi connectivity index (χ0) is 15.2. The molecule has 0 spiro atoms. The molecule has 0 saturated heterocycles. The molecule has 1 unspecified atom stereocenters. The Labute approximate surface area is 120 Å². The summed E-state index contributed by atoms with van der Waals surface area (Å²) in [7, 11) is 1.49. The van der Waals surface area contributed by atoms with Crippen molar-refractivity contribution < 1.29 is 23.7 Å². The lowest BCUT2D eigenvalue weighted by Gasteiger charge is -2.34. The van der Waals surface area contributed by atoms with Gasteiger partial charge in [-0.15, -0.1) is 0 Å². The van der Waals surface area contributed by atoms with E-state index in [4.69, 9.17) is 18.6 Å². The summed E-state index contributed by atoms with van der Waals surface area (Å²) in [6, 6.07) is 4.51. The van der Waals surface area contributed by atoms with Crippen LogP contribution in [0.3, 0.4) is 0 Å². The van der Waals surface area contributed by atoms with Crippen molar-refractivity contribution in [2.45, 2.75) is 25.6 Å². The summed E-state index contributed by atoms with van der Waals surface area (Å²) < 4.78 is 22.0. The fourth-order valence-corrected chi connectivity index (χ4v) is 2.23. The van der Waals surface area contributed by atoms with E-state index < -0.39 is 17.3 Å². The third-order valence-electron chi connectivity index (χ3n) is 3.45. The average molecular weight is 292 g/mol. The van der Waals surface area contributed by atoms with Gasteiger partial charge in [-0.1, -0.05) is 0 Å². The molecule has 1 aromatic heterocycles. The first-order chi connectivity index (χ1) is 9.90. The molecule has 6 heteroatoms. The highest BCUT2D eigenvalue weighted by atomic mass is 16.6. The van der Waals surface area contributed by atoms with Crippen molar-refractivity contribution >= 4 is 11.0 Å². The molecule has 1 aliphatic heterocycles. The average Bonchev–Trinajstić information content (AvgIpc) is 2.44. The predicted molar refractivity (Wildman–Crippen MR) is 75.2 cm³/mol. The van der Waals surface area contributed by atoms with Gasteiger partial charge < -0.3 is 23.7 Å². The summed E-state index contributed by atoms with van der Waals surface area (Å²) in [6.07, 6.45) is -0.535. The molecule has 1 aromatic carbocycles. The Morgan fingerprint density at radius 2 is 2.10 bits per heavy atom. The minimum atomic E-state index is -1.07. The minimum absolute atomic E-state index is 0.204. The van der Waals surface area contributed by atoms with Crippen LogP contribution in [0.5, 0.6) is 17.2 Å². The highest BCUT2D eigenvalue weighted by Gasteiger charge is 2.36. The summed E-state index contributed by atoms with van der Waals surface area (Å²) in [5.41, 5.74) is -1.18. The van der Waals surface area contributed by atoms with Crippen molar-refractivity contribution in [2.24, 2.45) is 0 Å². The molecule has 21 heavy (non-hydrogen) atoms. The highest BCUT2D eigenvalue weighted by molar-refractivity contribution is 5.89. The second kappa shape index (κ2) is 4.66. The van der Waals surface area contributed by atoms with Crippen LogP contribution >= 0.6 is 0 Å². The van der Waals surface area contributed by atoms with Crippen molar-refractivity contribution in [1.82, 2.24) is 0 Å². The Hall–Kier alpha value is -2.21. The van der Waals surface area contributed by atoms with E-state index in [2.05, 4.69) is 0 Å². The van der Waals surface area contributed by atoms with E-state index >= 15 is 0 Å². The molecule has 2 aromatic rings. The summed E-state index contributed by atoms with van der Waals surface area (Å²) in [6.45, 7) is 3.50. The number of aliphatic hydroxyl groups is 1. The molecule has 6 nitrogen and oxygen atoms in total. The molecule has 1 atom stereocenters. The fourth-order valence-electron chi connectivity index (χ4n) is 2.23. The summed E-state index contributed by atoms with van der Waals surface area (Å²) in [5, 5.41) is 10.7. The first-order valence-corrected chi connectivity index (χ1v) is 6.57. The maximum absolute atomic E-state index is 11.4. The molecule has 2 heterocycles. The molecule has 0 fully saturated rings. The first-order valence-electron chi connectivity index (χ1n) is 6.57. The Balaban J connectivity index is 2.22. The number of ether oxygens (including phenoxy) is 3. The monoisotopic (exact) mass is 292 g/mol. The van der Waals surface area contributed by atoms with Crippen LogP contribution in [0.4, 0.5) is 0 Å². The molecule has 0 bridgehead atoms. The standard InChI is InChI=1S/C15H16O6/c1-15(2,17)11-7-19-14-10(18-3)6-9-8(13(14)21-11)4-5-12(16)20-9/h4-6,11,17H,7H2,1-3H3. The highest BCUT2D eigenvalue weighted by Crippen LogP contribution is 2.46. The lowest BCUT2D eigenvalue weighted by molar-refractivity contribution is -0.0650. The van der Waals surface area contributed by atoms with Crippen LogP contribution in [-0.2, 0) is 0 Å². The smallest absolute Gasteiger partial charge is 0.336 e. The molecule has 0 aliphatic carbocycles. The topological polar surface area (TPSA) is 78.1 Å². The van der Waals surface area contributed by atoms with E-state index in [1.807, 2.05) is 0 Å². The van der Waals surface area contributed by atoms with Crippen LogP contribution in [0.2, 0.25) is 0 Å². The molecular formula is C15H16O6. The van der Waals surface area contributed by atoms with Crippen LogP contribution in [0.1, 0.15) is 13.8 Å². The van der Waals surface area contributed by atoms with Gasteiger partial charge in [-0.2, -0.15) is 0 Å². The second-order valence-electron chi connectivity index (χ2n) is 5.47. The van der Waals surface area contributed by atoms with Crippen LogP contribution in [-0.4, -0.2) is 30.5 Å². The van der Waals surface area contributed by atoms with Crippen LogP contribution in [0.25, 0.3) is 11.0 Å². The Kier molecular flexibility index (Phi) is 3.06. The van der Waals surface area contributed by atoms with Crippen molar-refractivity contribution in [1.29, 1.82) is 0 Å². The van der Waals surface area contributed by atoms with Crippen molar-refractivity contribution in [3.05, 3.63) is 28.6 Å². The number of methoxy groups -OCH3 is 1. The van der Waals surface area contributed by atoms with E-state index in [0.29, 0.717) is 28.2 Å². The van der Waals surface area contributed by atoms with Gasteiger partial charge in [0.25, 0.3) is 0 Å². The Morgan fingerprint density at radius 3 is 2.76 bits per heavy atom. The number of rotatable bonds is 2. The van der Waals surface area contributed by atoms with Gasteiger partial charge in [0.05, 0.1) is 18.1 Å². The lowest BCUT2D eigenvalue weighted by atomic mass is 10.0. The van der Waals surface area contributed by atoms with Gasteiger partial charge in [-0.3, -0.25) is 0 Å². The number of fused-ring (bicyclic) bond motifs is 3. The van der Waals surface area contributed by atoms with E-state index in [1.54, 1.807) is 26.0 Å². The van der Waals surface area contributed by atoms with Gasteiger partial charge in [-0.25, -0.2) is 4.79 Å². The maximum atomic E-state index is 11.4. The quantitative estimate of drug-likeness (QED) is 0.849. The molecule has 1 N–H and O–H groups in total. The molecule has 3 rings (SSSR count). The SMILES string of the molecule is COc1cc2oc(=O)ccc2c2c1OCC(C(C)(C)O)O2. The normalized spacial score (nSPS) is 17.8. The largest absolute Gasteiger partial charge is 0.493 e. The van der Waals surface area contributed by atoms with Gasteiger partial charge in [0.1, 0.15) is 12.2 Å². The van der Waals surface area contributed by atoms with Gasteiger partial charge in [0.2, 0.25) is 5.75 Å². The van der Waals surface area contributed by atoms with E-state index in [0.717, 1.165) is 0 Å². The first kappa shape index (κ1) is 13.8. The Bertz CT molecular complexity index is 740. The van der Waals surface area contributed by atoms with E-state index in [1.165, 1.54) is 13.2 Å². The van der Waals surface area contributed by atoms with Crippen LogP contribution < -0.4 is 19.8 Å². The third kappa shape index (κ3) is 2.31. The number of benzene rings is 1. The van der Waals surface area contributed by atoms with Crippen molar-refractivity contribution in [3.63, 3.8) is 0 Å². The van der Waals surface area contributed by atoms with Crippen LogP contribution in [0, 0.1) is 0 Å². The summed E-state index contributed by atoms with van der Waals surface area (Å²) in [4.78, 5) is 11.4. The van der Waals surface area contributed by atoms with E-state index in [-0.39, 0.29) is 6.61 Å². The maximum Gasteiger partial charge on any atom is 0.336 e. The van der Waals surface area contributed by atoms with Gasteiger partial charge in [-0.05, 0) is 19.9 Å². The third-order valence-corrected chi connectivity index (χ3v) is 3.45. The number of hydrogen-bond acceptors (Lipinski definition) is 6. The molecule has 0 radical (unpaired) electrons. The Morgan fingerprint density at radius 1 is 1.33 bits per heavy atom. The molecule has 0 amide bonds. The molecule has 0 saturated carbocycles. The van der Waals surface area contributed by atoms with Crippen LogP contribution in [0.15, 0.2) is 27.4 Å². The zero-order valence-electron chi connectivity index (χ0n) is 12.0. The molecule has 1 aliphatic rings. The minimum Gasteiger partial charge on any atom is -0.493 e. The van der Waals surface area contributed by atoms with Gasteiger partial charge >= 0.3 is 5.63 Å². The summed E-state index contributed by atoms with van der Waals surface area (Å²) >= 11 is 0. The second-order valence-corrected chi connectivity index (χ2v) is 5.47. The van der Waals surface area contributed by atoms with E-state index in [9.17, 15) is 9.90 Å². The van der Waals surface area contributed by atoms with Gasteiger partial charge in [0.15, 0.2) is 17.6 Å². The predicted octanol–water partition coefficient (Wildman–Crippen LogP) is 1.71. The van der Waals surface area contributed by atoms with Crippen molar-refractivity contribution in [3.8, 4) is 17.2 Å². The lowest BCUT2D eigenvalue weighted by Crippen LogP contribution is -2.46. The zero-order valence-corrected chi connectivity index (χ0v) is 12.0. The number of hydrogen-bond donors (Lipinski definition) is 1.